The van der Waals surface area contributed by atoms with Crippen molar-refractivity contribution in [2.45, 2.75) is 63.6 Å². The van der Waals surface area contributed by atoms with Gasteiger partial charge in [0.25, 0.3) is 0 Å². The molecule has 2 saturated carbocycles. The van der Waals surface area contributed by atoms with Gasteiger partial charge in [0, 0.05) is 19.3 Å². The molecule has 1 heterocycles. The van der Waals surface area contributed by atoms with Gasteiger partial charge in [0.05, 0.1) is 13.2 Å². The molecule has 18 heavy (non-hydrogen) atoms. The summed E-state index contributed by atoms with van der Waals surface area (Å²) < 4.78 is 11.6. The fraction of sp³-hybridized carbons (Fsp3) is 0.933. The molecule has 0 N–H and O–H groups in total. The second-order valence-electron chi connectivity index (χ2n) is 6.46. The van der Waals surface area contributed by atoms with Crippen molar-refractivity contribution in [3.05, 3.63) is 0 Å². The molecular weight excluding hydrogens is 228 g/mol. The Morgan fingerprint density at radius 3 is 2.28 bits per heavy atom. The minimum Gasteiger partial charge on any atom is -0.348 e. The third-order valence-electron chi connectivity index (χ3n) is 5.10. The number of carbonyl (C=O) groups is 1. The van der Waals surface area contributed by atoms with Crippen LogP contribution in [0.4, 0.5) is 0 Å². The van der Waals surface area contributed by atoms with Crippen LogP contribution in [0, 0.1) is 11.3 Å². The molecule has 0 aromatic carbocycles. The zero-order chi connectivity index (χ0) is 12.5. The van der Waals surface area contributed by atoms with Gasteiger partial charge in [0.1, 0.15) is 6.29 Å². The minimum absolute atomic E-state index is 0.256. The molecule has 0 bridgehead atoms. The summed E-state index contributed by atoms with van der Waals surface area (Å²) in [5, 5.41) is 0. The van der Waals surface area contributed by atoms with Crippen LogP contribution in [0.5, 0.6) is 0 Å². The summed E-state index contributed by atoms with van der Waals surface area (Å²) in [7, 11) is 0. The Kier molecular flexibility index (Phi) is 3.46. The van der Waals surface area contributed by atoms with Gasteiger partial charge in [0.15, 0.2) is 5.79 Å². The zero-order valence-corrected chi connectivity index (χ0v) is 11.2. The van der Waals surface area contributed by atoms with E-state index in [0.717, 1.165) is 51.1 Å². The molecular formula is C15H24O3. The molecule has 3 fully saturated rings. The first-order chi connectivity index (χ1) is 8.76. The van der Waals surface area contributed by atoms with E-state index >= 15 is 0 Å². The van der Waals surface area contributed by atoms with Gasteiger partial charge in [-0.3, -0.25) is 0 Å². The summed E-state index contributed by atoms with van der Waals surface area (Å²) in [6.45, 7) is 1.51. The van der Waals surface area contributed by atoms with Crippen LogP contribution in [0.15, 0.2) is 0 Å². The topological polar surface area (TPSA) is 35.5 Å². The van der Waals surface area contributed by atoms with Crippen LogP contribution < -0.4 is 0 Å². The molecule has 3 nitrogen and oxygen atoms in total. The number of aldehydes is 1. The van der Waals surface area contributed by atoms with E-state index in [2.05, 4.69) is 0 Å². The SMILES string of the molecule is O=CCCC1(CC2CC2)CCC2(CC1)OCCO2. The fourth-order valence-corrected chi connectivity index (χ4v) is 3.80. The van der Waals surface area contributed by atoms with Crippen molar-refractivity contribution in [1.82, 2.24) is 0 Å². The molecule has 0 amide bonds. The monoisotopic (exact) mass is 252 g/mol. The number of carbonyl (C=O) groups excluding carboxylic acids is 1. The molecule has 3 heteroatoms. The van der Waals surface area contributed by atoms with Crippen LogP contribution in [-0.2, 0) is 14.3 Å². The van der Waals surface area contributed by atoms with Crippen molar-refractivity contribution in [2.24, 2.45) is 11.3 Å². The summed E-state index contributed by atoms with van der Waals surface area (Å²) in [6.07, 6.45) is 11.4. The van der Waals surface area contributed by atoms with Crippen molar-refractivity contribution in [1.29, 1.82) is 0 Å². The van der Waals surface area contributed by atoms with Gasteiger partial charge in [-0.15, -0.1) is 0 Å². The first-order valence-corrected chi connectivity index (χ1v) is 7.48. The van der Waals surface area contributed by atoms with Gasteiger partial charge in [-0.05, 0) is 37.0 Å². The van der Waals surface area contributed by atoms with Gasteiger partial charge in [-0.1, -0.05) is 12.8 Å². The zero-order valence-electron chi connectivity index (χ0n) is 11.2. The fourth-order valence-electron chi connectivity index (χ4n) is 3.80. The standard InChI is InChI=1S/C15H24O3/c16-9-1-4-14(12-13-2-3-13)5-7-15(8-6-14)17-10-11-18-15/h9,13H,1-8,10-12H2. The predicted molar refractivity (Wildman–Crippen MR) is 68.2 cm³/mol. The van der Waals surface area contributed by atoms with Crippen LogP contribution in [0.3, 0.4) is 0 Å². The summed E-state index contributed by atoms with van der Waals surface area (Å²) in [4.78, 5) is 10.7. The molecule has 3 rings (SSSR count). The molecule has 0 unspecified atom stereocenters. The lowest BCUT2D eigenvalue weighted by molar-refractivity contribution is -0.193. The Morgan fingerprint density at radius 1 is 1.06 bits per heavy atom. The van der Waals surface area contributed by atoms with Crippen molar-refractivity contribution in [3.63, 3.8) is 0 Å². The Balaban J connectivity index is 1.62. The maximum atomic E-state index is 10.7. The predicted octanol–water partition coefficient (Wildman–Crippen LogP) is 3.07. The van der Waals surface area contributed by atoms with Crippen LogP contribution in [-0.4, -0.2) is 25.3 Å². The van der Waals surface area contributed by atoms with E-state index in [0.29, 0.717) is 5.41 Å². The normalized spacial score (nSPS) is 29.6. The van der Waals surface area contributed by atoms with Gasteiger partial charge >= 0.3 is 0 Å². The van der Waals surface area contributed by atoms with Crippen LogP contribution in [0.25, 0.3) is 0 Å². The molecule has 1 saturated heterocycles. The van der Waals surface area contributed by atoms with E-state index in [9.17, 15) is 4.79 Å². The maximum absolute atomic E-state index is 10.7. The smallest absolute Gasteiger partial charge is 0.168 e. The van der Waals surface area contributed by atoms with Crippen molar-refractivity contribution < 1.29 is 14.3 Å². The summed E-state index contributed by atoms with van der Waals surface area (Å²) in [5.74, 6) is 0.685. The summed E-state index contributed by atoms with van der Waals surface area (Å²) in [6, 6.07) is 0. The highest BCUT2D eigenvalue weighted by Gasteiger charge is 2.47. The molecule has 0 aromatic heterocycles. The quantitative estimate of drug-likeness (QED) is 0.705. The second-order valence-corrected chi connectivity index (χ2v) is 6.46. The minimum atomic E-state index is -0.256. The Labute approximate surface area is 109 Å². The Hall–Kier alpha value is -0.410. The summed E-state index contributed by atoms with van der Waals surface area (Å²) >= 11 is 0. The number of rotatable bonds is 5. The summed E-state index contributed by atoms with van der Waals surface area (Å²) in [5.41, 5.74) is 0.405. The third kappa shape index (κ3) is 2.62. The van der Waals surface area contributed by atoms with Gasteiger partial charge < -0.3 is 14.3 Å². The average molecular weight is 252 g/mol. The highest BCUT2D eigenvalue weighted by Crippen LogP contribution is 2.53. The molecule has 2 aliphatic carbocycles. The van der Waals surface area contributed by atoms with Gasteiger partial charge in [-0.25, -0.2) is 0 Å². The van der Waals surface area contributed by atoms with Crippen molar-refractivity contribution in [3.8, 4) is 0 Å². The lowest BCUT2D eigenvalue weighted by Crippen LogP contribution is -2.40. The van der Waals surface area contributed by atoms with Crippen molar-refractivity contribution in [2.75, 3.05) is 13.2 Å². The van der Waals surface area contributed by atoms with Gasteiger partial charge in [0.2, 0.25) is 0 Å². The first-order valence-electron chi connectivity index (χ1n) is 7.48. The average Bonchev–Trinajstić information content (AvgIpc) is 3.08. The van der Waals surface area contributed by atoms with E-state index in [1.165, 1.54) is 32.1 Å². The molecule has 0 aromatic rings. The molecule has 0 atom stereocenters. The Bertz CT molecular complexity index is 293. The van der Waals surface area contributed by atoms with Crippen LogP contribution >= 0.6 is 0 Å². The van der Waals surface area contributed by atoms with E-state index in [4.69, 9.17) is 9.47 Å². The highest BCUT2D eigenvalue weighted by atomic mass is 16.7. The molecule has 102 valence electrons. The largest absolute Gasteiger partial charge is 0.348 e. The maximum Gasteiger partial charge on any atom is 0.168 e. The lowest BCUT2D eigenvalue weighted by atomic mass is 9.66. The van der Waals surface area contributed by atoms with E-state index in [1.807, 2.05) is 0 Å². The van der Waals surface area contributed by atoms with Crippen LogP contribution in [0.1, 0.15) is 57.8 Å². The number of ether oxygens (including phenoxy) is 2. The molecule has 3 aliphatic rings. The Morgan fingerprint density at radius 2 is 1.72 bits per heavy atom. The molecule has 1 aliphatic heterocycles. The molecule has 1 spiro atoms. The highest BCUT2D eigenvalue weighted by molar-refractivity contribution is 5.49. The third-order valence-corrected chi connectivity index (χ3v) is 5.10. The van der Waals surface area contributed by atoms with E-state index in [-0.39, 0.29) is 5.79 Å². The van der Waals surface area contributed by atoms with Crippen molar-refractivity contribution >= 4 is 6.29 Å². The second kappa shape index (κ2) is 4.93. The van der Waals surface area contributed by atoms with Gasteiger partial charge in [-0.2, -0.15) is 0 Å². The van der Waals surface area contributed by atoms with E-state index < -0.39 is 0 Å². The number of hydrogen-bond donors (Lipinski definition) is 0. The first kappa shape index (κ1) is 12.6. The number of hydrogen-bond acceptors (Lipinski definition) is 3. The van der Waals surface area contributed by atoms with Crippen LogP contribution in [0.2, 0.25) is 0 Å². The molecule has 0 radical (unpaired) electrons. The lowest BCUT2D eigenvalue weighted by Gasteiger charge is -2.44. The van der Waals surface area contributed by atoms with E-state index in [1.54, 1.807) is 0 Å².